The summed E-state index contributed by atoms with van der Waals surface area (Å²) in [5, 5.41) is 0. The summed E-state index contributed by atoms with van der Waals surface area (Å²) in [6.07, 6.45) is 3.49. The Hall–Kier alpha value is -2.35. The summed E-state index contributed by atoms with van der Waals surface area (Å²) >= 11 is 0. The molecule has 0 saturated carbocycles. The number of allylic oxidation sites excluding steroid dienone is 1. The maximum Gasteiger partial charge on any atom is 0.185 e. The normalized spacial score (nSPS) is 10.8. The number of benzene rings is 2. The monoisotopic (exact) mass is 279 g/mol. The van der Waals surface area contributed by atoms with Crippen molar-refractivity contribution in [2.24, 2.45) is 0 Å². The van der Waals surface area contributed by atoms with E-state index in [1.165, 1.54) is 5.69 Å². The molecule has 2 aromatic rings. The van der Waals surface area contributed by atoms with Gasteiger partial charge in [0.15, 0.2) is 5.78 Å². The molecule has 0 radical (unpaired) electrons. The number of anilines is 1. The maximum atomic E-state index is 12.0. The molecule has 2 rings (SSSR count). The Morgan fingerprint density at radius 2 is 1.57 bits per heavy atom. The quantitative estimate of drug-likeness (QED) is 0.576. The predicted molar refractivity (Wildman–Crippen MR) is 89.8 cm³/mol. The fourth-order valence-corrected chi connectivity index (χ4v) is 2.26. The van der Waals surface area contributed by atoms with Gasteiger partial charge in [0.25, 0.3) is 0 Å². The number of rotatable bonds is 6. The first-order chi connectivity index (χ1) is 10.2. The van der Waals surface area contributed by atoms with Crippen LogP contribution in [-0.4, -0.2) is 18.9 Å². The molecule has 0 fully saturated rings. The van der Waals surface area contributed by atoms with Gasteiger partial charge in [0.05, 0.1) is 0 Å². The second-order valence-electron chi connectivity index (χ2n) is 4.83. The van der Waals surface area contributed by atoms with Crippen LogP contribution in [0, 0.1) is 0 Å². The molecule has 0 bridgehead atoms. The van der Waals surface area contributed by atoms with Gasteiger partial charge in [-0.1, -0.05) is 48.5 Å². The van der Waals surface area contributed by atoms with Crippen molar-refractivity contribution in [3.63, 3.8) is 0 Å². The first kappa shape index (κ1) is 15.0. The Kier molecular flexibility index (Phi) is 5.33. The van der Waals surface area contributed by atoms with Crippen molar-refractivity contribution in [2.45, 2.75) is 13.8 Å². The Morgan fingerprint density at radius 1 is 0.952 bits per heavy atom. The number of hydrogen-bond acceptors (Lipinski definition) is 2. The first-order valence-corrected chi connectivity index (χ1v) is 7.37. The fourth-order valence-electron chi connectivity index (χ4n) is 2.26. The van der Waals surface area contributed by atoms with E-state index in [9.17, 15) is 4.79 Å². The van der Waals surface area contributed by atoms with Crippen LogP contribution in [0.4, 0.5) is 5.69 Å². The van der Waals surface area contributed by atoms with Crippen molar-refractivity contribution in [1.82, 2.24) is 0 Å². The highest BCUT2D eigenvalue weighted by Gasteiger charge is 2.01. The molecule has 0 aliphatic heterocycles. The van der Waals surface area contributed by atoms with Crippen LogP contribution in [0.3, 0.4) is 0 Å². The molecule has 0 N–H and O–H groups in total. The lowest BCUT2D eigenvalue weighted by Gasteiger charge is -2.20. The Labute approximate surface area is 126 Å². The standard InChI is InChI=1S/C19H21NO/c1-3-20(4-2)18-13-10-16(11-14-18)12-15-19(21)17-8-6-5-7-9-17/h5-15H,3-4H2,1-2H3/b15-12-. The number of carbonyl (C=O) groups is 1. The van der Waals surface area contributed by atoms with Crippen molar-refractivity contribution >= 4 is 17.5 Å². The van der Waals surface area contributed by atoms with E-state index in [2.05, 4.69) is 30.9 Å². The van der Waals surface area contributed by atoms with Gasteiger partial charge in [-0.25, -0.2) is 0 Å². The van der Waals surface area contributed by atoms with Gasteiger partial charge in [0.1, 0.15) is 0 Å². The second kappa shape index (κ2) is 7.44. The highest BCUT2D eigenvalue weighted by molar-refractivity contribution is 6.06. The van der Waals surface area contributed by atoms with Crippen molar-refractivity contribution in [2.75, 3.05) is 18.0 Å². The Morgan fingerprint density at radius 3 is 2.14 bits per heavy atom. The molecule has 108 valence electrons. The minimum atomic E-state index is 0.0309. The minimum Gasteiger partial charge on any atom is -0.372 e. The third-order valence-corrected chi connectivity index (χ3v) is 3.51. The molecule has 0 aliphatic rings. The van der Waals surface area contributed by atoms with Crippen LogP contribution in [0.15, 0.2) is 60.7 Å². The third kappa shape index (κ3) is 4.06. The number of carbonyl (C=O) groups excluding carboxylic acids is 1. The van der Waals surface area contributed by atoms with Gasteiger partial charge in [-0.15, -0.1) is 0 Å². The van der Waals surface area contributed by atoms with Gasteiger partial charge >= 0.3 is 0 Å². The van der Waals surface area contributed by atoms with Gasteiger partial charge in [0, 0.05) is 24.3 Å². The molecular formula is C19H21NO. The lowest BCUT2D eigenvalue weighted by molar-refractivity contribution is 0.104. The van der Waals surface area contributed by atoms with E-state index in [-0.39, 0.29) is 5.78 Å². The van der Waals surface area contributed by atoms with Crippen LogP contribution >= 0.6 is 0 Å². The van der Waals surface area contributed by atoms with E-state index in [4.69, 9.17) is 0 Å². The smallest absolute Gasteiger partial charge is 0.185 e. The predicted octanol–water partition coefficient (Wildman–Crippen LogP) is 4.43. The molecule has 0 spiro atoms. The average Bonchev–Trinajstić information content (AvgIpc) is 2.55. The van der Waals surface area contributed by atoms with Crippen molar-refractivity contribution in [3.05, 3.63) is 71.8 Å². The molecule has 2 nitrogen and oxygen atoms in total. The molecule has 21 heavy (non-hydrogen) atoms. The first-order valence-electron chi connectivity index (χ1n) is 7.37. The summed E-state index contributed by atoms with van der Waals surface area (Å²) in [4.78, 5) is 14.3. The number of ketones is 1. The molecule has 0 aliphatic carbocycles. The largest absolute Gasteiger partial charge is 0.372 e. The van der Waals surface area contributed by atoms with E-state index >= 15 is 0 Å². The van der Waals surface area contributed by atoms with E-state index in [1.807, 2.05) is 48.5 Å². The zero-order valence-electron chi connectivity index (χ0n) is 12.6. The summed E-state index contributed by atoms with van der Waals surface area (Å²) in [5.74, 6) is 0.0309. The highest BCUT2D eigenvalue weighted by atomic mass is 16.1. The molecule has 0 heterocycles. The van der Waals surface area contributed by atoms with Crippen LogP contribution in [0.5, 0.6) is 0 Å². The molecule has 0 amide bonds. The van der Waals surface area contributed by atoms with E-state index in [0.29, 0.717) is 5.56 Å². The molecular weight excluding hydrogens is 258 g/mol. The van der Waals surface area contributed by atoms with Crippen LogP contribution in [0.2, 0.25) is 0 Å². The summed E-state index contributed by atoms with van der Waals surface area (Å²) < 4.78 is 0. The van der Waals surface area contributed by atoms with Crippen molar-refractivity contribution in [3.8, 4) is 0 Å². The minimum absolute atomic E-state index is 0.0309. The Balaban J connectivity index is 2.06. The van der Waals surface area contributed by atoms with E-state index < -0.39 is 0 Å². The van der Waals surface area contributed by atoms with Gasteiger partial charge < -0.3 is 4.90 Å². The van der Waals surface area contributed by atoms with Gasteiger partial charge in [-0.05, 0) is 37.6 Å². The zero-order chi connectivity index (χ0) is 15.1. The highest BCUT2D eigenvalue weighted by Crippen LogP contribution is 2.16. The summed E-state index contributed by atoms with van der Waals surface area (Å²) in [6.45, 7) is 6.29. The van der Waals surface area contributed by atoms with Gasteiger partial charge in [-0.2, -0.15) is 0 Å². The molecule has 0 saturated heterocycles. The summed E-state index contributed by atoms with van der Waals surface area (Å²) in [7, 11) is 0. The van der Waals surface area contributed by atoms with Crippen LogP contribution in [0.25, 0.3) is 6.08 Å². The van der Waals surface area contributed by atoms with Crippen LogP contribution in [0.1, 0.15) is 29.8 Å². The van der Waals surface area contributed by atoms with Crippen molar-refractivity contribution < 1.29 is 4.79 Å². The van der Waals surface area contributed by atoms with Crippen molar-refractivity contribution in [1.29, 1.82) is 0 Å². The van der Waals surface area contributed by atoms with Crippen LogP contribution < -0.4 is 4.90 Å². The fraction of sp³-hybridized carbons (Fsp3) is 0.211. The average molecular weight is 279 g/mol. The Bertz CT molecular complexity index is 595. The molecule has 0 aromatic heterocycles. The third-order valence-electron chi connectivity index (χ3n) is 3.51. The van der Waals surface area contributed by atoms with Gasteiger partial charge in [-0.3, -0.25) is 4.79 Å². The van der Waals surface area contributed by atoms with Gasteiger partial charge in [0.2, 0.25) is 0 Å². The molecule has 2 heteroatoms. The number of hydrogen-bond donors (Lipinski definition) is 0. The lowest BCUT2D eigenvalue weighted by Crippen LogP contribution is -2.21. The summed E-state index contributed by atoms with van der Waals surface area (Å²) in [5.41, 5.74) is 2.97. The molecule has 0 atom stereocenters. The van der Waals surface area contributed by atoms with Crippen LogP contribution in [-0.2, 0) is 0 Å². The SMILES string of the molecule is CCN(CC)c1ccc(/C=C\C(=O)c2ccccc2)cc1. The second-order valence-corrected chi connectivity index (χ2v) is 4.83. The van der Waals surface area contributed by atoms with E-state index in [1.54, 1.807) is 6.08 Å². The lowest BCUT2D eigenvalue weighted by atomic mass is 10.1. The van der Waals surface area contributed by atoms with E-state index in [0.717, 1.165) is 18.7 Å². The maximum absolute atomic E-state index is 12.0. The summed E-state index contributed by atoms with van der Waals surface area (Å²) in [6, 6.07) is 17.6. The molecule has 2 aromatic carbocycles. The number of nitrogens with zero attached hydrogens (tertiary/aromatic N) is 1. The zero-order valence-corrected chi connectivity index (χ0v) is 12.6. The topological polar surface area (TPSA) is 20.3 Å². The molecule has 0 unspecified atom stereocenters.